The smallest absolute Gasteiger partial charge is 0.0762 e. The molecule has 106 valence electrons. The number of halogens is 1. The maximum Gasteiger partial charge on any atom is 0.0762 e. The van der Waals surface area contributed by atoms with Gasteiger partial charge in [-0.05, 0) is 63.5 Å². The molecule has 0 saturated heterocycles. The molecular formula is C18H15BrOS. The molecule has 0 unspecified atom stereocenters. The zero-order valence-electron chi connectivity index (χ0n) is 11.6. The molecule has 0 amide bonds. The first kappa shape index (κ1) is 14.6. The summed E-state index contributed by atoms with van der Waals surface area (Å²) in [7, 11) is 0. The van der Waals surface area contributed by atoms with Crippen molar-refractivity contribution in [3.8, 4) is 0 Å². The van der Waals surface area contributed by atoms with Gasteiger partial charge in [0.05, 0.1) is 6.10 Å². The van der Waals surface area contributed by atoms with E-state index in [4.69, 9.17) is 0 Å². The van der Waals surface area contributed by atoms with Crippen molar-refractivity contribution in [1.29, 1.82) is 0 Å². The monoisotopic (exact) mass is 358 g/mol. The number of aliphatic hydroxyl groups is 1. The Morgan fingerprint density at radius 2 is 1.71 bits per heavy atom. The molecule has 1 atom stereocenters. The minimum absolute atomic E-state index is 0.444. The van der Waals surface area contributed by atoms with Crippen molar-refractivity contribution in [1.82, 2.24) is 0 Å². The Morgan fingerprint density at radius 1 is 0.952 bits per heavy atom. The Kier molecular flexibility index (Phi) is 4.34. The molecule has 0 radical (unpaired) electrons. The lowest BCUT2D eigenvalue weighted by atomic mass is 10.1. The number of benzene rings is 3. The first-order valence-electron chi connectivity index (χ1n) is 6.77. The fourth-order valence-corrected chi connectivity index (χ4v) is 3.73. The van der Waals surface area contributed by atoms with Crippen molar-refractivity contribution in [2.24, 2.45) is 0 Å². The summed E-state index contributed by atoms with van der Waals surface area (Å²) in [6.45, 7) is 1.78. The van der Waals surface area contributed by atoms with Gasteiger partial charge in [0, 0.05) is 14.3 Å². The molecule has 0 spiro atoms. The van der Waals surface area contributed by atoms with Crippen molar-refractivity contribution in [2.45, 2.75) is 22.8 Å². The van der Waals surface area contributed by atoms with Crippen LogP contribution in [-0.4, -0.2) is 5.11 Å². The van der Waals surface area contributed by atoms with E-state index in [0.717, 1.165) is 14.9 Å². The quantitative estimate of drug-likeness (QED) is 0.637. The van der Waals surface area contributed by atoms with Crippen molar-refractivity contribution in [2.75, 3.05) is 0 Å². The van der Waals surface area contributed by atoms with Crippen LogP contribution in [0.15, 0.2) is 74.9 Å². The molecule has 0 aliphatic carbocycles. The highest BCUT2D eigenvalue weighted by atomic mass is 79.9. The van der Waals surface area contributed by atoms with Crippen molar-refractivity contribution in [3.05, 3.63) is 70.7 Å². The van der Waals surface area contributed by atoms with Gasteiger partial charge in [-0.3, -0.25) is 0 Å². The molecule has 0 aliphatic rings. The van der Waals surface area contributed by atoms with E-state index >= 15 is 0 Å². The number of hydrogen-bond donors (Lipinski definition) is 1. The number of hydrogen-bond acceptors (Lipinski definition) is 2. The molecule has 3 aromatic carbocycles. The van der Waals surface area contributed by atoms with Crippen molar-refractivity contribution >= 4 is 38.5 Å². The zero-order valence-corrected chi connectivity index (χ0v) is 14.0. The summed E-state index contributed by atoms with van der Waals surface area (Å²) in [4.78, 5) is 2.36. The van der Waals surface area contributed by atoms with Crippen LogP contribution in [0.3, 0.4) is 0 Å². The fourth-order valence-electron chi connectivity index (χ4n) is 2.22. The van der Waals surface area contributed by atoms with E-state index in [2.05, 4.69) is 58.4 Å². The van der Waals surface area contributed by atoms with Crippen LogP contribution in [0.2, 0.25) is 0 Å². The Morgan fingerprint density at radius 3 is 2.43 bits per heavy atom. The third-order valence-electron chi connectivity index (χ3n) is 3.39. The first-order valence-corrected chi connectivity index (χ1v) is 8.38. The van der Waals surface area contributed by atoms with Crippen molar-refractivity contribution < 1.29 is 5.11 Å². The van der Waals surface area contributed by atoms with Crippen LogP contribution < -0.4 is 0 Å². The average Bonchev–Trinajstić information content (AvgIpc) is 2.49. The number of aliphatic hydroxyl groups excluding tert-OH is 1. The van der Waals surface area contributed by atoms with E-state index in [1.165, 1.54) is 15.7 Å². The molecule has 21 heavy (non-hydrogen) atoms. The van der Waals surface area contributed by atoms with Gasteiger partial charge in [0.1, 0.15) is 0 Å². The van der Waals surface area contributed by atoms with E-state index in [1.807, 2.05) is 18.2 Å². The summed E-state index contributed by atoms with van der Waals surface area (Å²) in [5.41, 5.74) is 0.921. The standard InChI is InChI=1S/C18H15BrOS/c1-12(20)14-7-9-18(17(19)11-14)21-16-8-6-13-4-2-3-5-15(13)10-16/h2-12,20H,1H3/t12-/m1/s1. The third kappa shape index (κ3) is 3.31. The summed E-state index contributed by atoms with van der Waals surface area (Å²) in [6, 6.07) is 20.9. The SMILES string of the molecule is C[C@@H](O)c1ccc(Sc2ccc3ccccc3c2)c(Br)c1. The van der Waals surface area contributed by atoms with Crippen LogP contribution in [0.25, 0.3) is 10.8 Å². The van der Waals surface area contributed by atoms with Gasteiger partial charge in [-0.15, -0.1) is 0 Å². The predicted molar refractivity (Wildman–Crippen MR) is 92.8 cm³/mol. The molecule has 0 fully saturated rings. The second kappa shape index (κ2) is 6.22. The van der Waals surface area contributed by atoms with Gasteiger partial charge in [-0.25, -0.2) is 0 Å². The van der Waals surface area contributed by atoms with Gasteiger partial charge < -0.3 is 5.11 Å². The van der Waals surface area contributed by atoms with Gasteiger partial charge >= 0.3 is 0 Å². The normalized spacial score (nSPS) is 12.5. The predicted octanol–water partition coefficient (Wildman–Crippen LogP) is 5.81. The summed E-state index contributed by atoms with van der Waals surface area (Å²) in [6.07, 6.45) is -0.444. The third-order valence-corrected chi connectivity index (χ3v) is 5.37. The maximum absolute atomic E-state index is 9.62. The number of rotatable bonds is 3. The van der Waals surface area contributed by atoms with Gasteiger partial charge in [-0.1, -0.05) is 48.2 Å². The molecule has 3 heteroatoms. The largest absolute Gasteiger partial charge is 0.389 e. The first-order chi connectivity index (χ1) is 10.1. The van der Waals surface area contributed by atoms with Gasteiger partial charge in [0.2, 0.25) is 0 Å². The van der Waals surface area contributed by atoms with E-state index in [-0.39, 0.29) is 0 Å². The molecule has 1 nitrogen and oxygen atoms in total. The van der Waals surface area contributed by atoms with E-state index in [9.17, 15) is 5.11 Å². The number of fused-ring (bicyclic) bond motifs is 1. The highest BCUT2D eigenvalue weighted by Gasteiger charge is 2.07. The molecule has 0 aliphatic heterocycles. The molecular weight excluding hydrogens is 344 g/mol. The lowest BCUT2D eigenvalue weighted by Crippen LogP contribution is -1.90. The fraction of sp³-hybridized carbons (Fsp3) is 0.111. The van der Waals surface area contributed by atoms with Gasteiger partial charge in [0.25, 0.3) is 0 Å². The van der Waals surface area contributed by atoms with Gasteiger partial charge in [-0.2, -0.15) is 0 Å². The second-order valence-electron chi connectivity index (χ2n) is 4.98. The summed E-state index contributed by atoms with van der Waals surface area (Å²) in [5, 5.41) is 12.1. The summed E-state index contributed by atoms with van der Waals surface area (Å²) >= 11 is 5.31. The van der Waals surface area contributed by atoms with Crippen molar-refractivity contribution in [3.63, 3.8) is 0 Å². The highest BCUT2D eigenvalue weighted by molar-refractivity contribution is 9.10. The van der Waals surface area contributed by atoms with E-state index in [1.54, 1.807) is 18.7 Å². The Labute approximate surface area is 137 Å². The topological polar surface area (TPSA) is 20.2 Å². The average molecular weight is 359 g/mol. The minimum Gasteiger partial charge on any atom is -0.389 e. The molecule has 0 bridgehead atoms. The molecule has 3 rings (SSSR count). The van der Waals surface area contributed by atoms with Crippen LogP contribution in [-0.2, 0) is 0 Å². The van der Waals surface area contributed by atoms with E-state index in [0.29, 0.717) is 0 Å². The molecule has 0 saturated carbocycles. The van der Waals surface area contributed by atoms with E-state index < -0.39 is 6.10 Å². The lowest BCUT2D eigenvalue weighted by Gasteiger charge is -2.09. The van der Waals surface area contributed by atoms with Crippen LogP contribution in [0.5, 0.6) is 0 Å². The molecule has 1 N–H and O–H groups in total. The Hall–Kier alpha value is -1.29. The van der Waals surface area contributed by atoms with Gasteiger partial charge in [0.15, 0.2) is 0 Å². The lowest BCUT2D eigenvalue weighted by molar-refractivity contribution is 0.199. The highest BCUT2D eigenvalue weighted by Crippen LogP contribution is 2.36. The minimum atomic E-state index is -0.444. The zero-order chi connectivity index (χ0) is 14.8. The summed E-state index contributed by atoms with van der Waals surface area (Å²) < 4.78 is 1.01. The maximum atomic E-state index is 9.62. The Balaban J connectivity index is 1.91. The van der Waals surface area contributed by atoms with Crippen LogP contribution in [0.1, 0.15) is 18.6 Å². The summed E-state index contributed by atoms with van der Waals surface area (Å²) in [5.74, 6) is 0. The molecule has 0 heterocycles. The molecule has 0 aromatic heterocycles. The van der Waals surface area contributed by atoms with Crippen LogP contribution >= 0.6 is 27.7 Å². The second-order valence-corrected chi connectivity index (χ2v) is 6.95. The van der Waals surface area contributed by atoms with Crippen LogP contribution in [0, 0.1) is 0 Å². The molecule has 3 aromatic rings. The Bertz CT molecular complexity index is 783. The van der Waals surface area contributed by atoms with Crippen LogP contribution in [0.4, 0.5) is 0 Å².